The Kier molecular flexibility index (Phi) is 10.3. The van der Waals surface area contributed by atoms with Crippen LogP contribution in [0.3, 0.4) is 0 Å². The van der Waals surface area contributed by atoms with Crippen LogP contribution in [0.4, 0.5) is 0 Å². The fourth-order valence-corrected chi connectivity index (χ4v) is 5.47. The van der Waals surface area contributed by atoms with Gasteiger partial charge >= 0.3 is 0 Å². The molecule has 1 aliphatic heterocycles. The van der Waals surface area contributed by atoms with Gasteiger partial charge in [-0.15, -0.1) is 22.8 Å². The molecule has 3 heterocycles. The van der Waals surface area contributed by atoms with Crippen molar-refractivity contribution in [3.05, 3.63) is 118 Å². The number of methoxy groups -OCH3 is 2. The van der Waals surface area contributed by atoms with Crippen LogP contribution in [-0.4, -0.2) is 27.4 Å². The molecule has 2 aromatic carbocycles. The van der Waals surface area contributed by atoms with Gasteiger partial charge in [0.1, 0.15) is 0 Å². The van der Waals surface area contributed by atoms with Crippen LogP contribution in [-0.2, 0) is 31.1 Å². The number of aromatic nitrogens is 2. The summed E-state index contributed by atoms with van der Waals surface area (Å²) in [5.41, 5.74) is 8.76. The molecule has 1 radical (unpaired) electrons. The Bertz CT molecular complexity index is 1240. The van der Waals surface area contributed by atoms with E-state index < -0.39 is 0 Å². The number of fused-ring (bicyclic) bond motifs is 8. The first-order chi connectivity index (χ1) is 18.8. The van der Waals surface area contributed by atoms with Crippen molar-refractivity contribution in [2.45, 2.75) is 77.0 Å². The van der Waals surface area contributed by atoms with Crippen LogP contribution in [0.1, 0.15) is 100 Å². The molecule has 41 heavy (non-hydrogen) atoms. The maximum absolute atomic E-state index is 5.23. The van der Waals surface area contributed by atoms with Gasteiger partial charge in [0.25, 0.3) is 0 Å². The minimum atomic E-state index is -0.202. The fraction of sp³-hybridized carbons (Fsp3) is 0.444. The fourth-order valence-electron chi connectivity index (χ4n) is 5.47. The molecule has 0 unspecified atom stereocenters. The number of rotatable bonds is 3. The van der Waals surface area contributed by atoms with E-state index in [1.165, 1.54) is 22.3 Å². The van der Waals surface area contributed by atoms with E-state index in [1.54, 1.807) is 14.2 Å². The van der Waals surface area contributed by atoms with Crippen molar-refractivity contribution in [2.75, 3.05) is 27.4 Å². The third-order valence-electron chi connectivity index (χ3n) is 8.94. The average Bonchev–Trinajstić information content (AvgIpc) is 3.64. The molecule has 0 fully saturated rings. The second-order valence-electron chi connectivity index (χ2n) is 13.1. The van der Waals surface area contributed by atoms with Crippen molar-refractivity contribution in [3.8, 4) is 0 Å². The van der Waals surface area contributed by atoms with Gasteiger partial charge in [0.15, 0.2) is 0 Å². The van der Waals surface area contributed by atoms with Gasteiger partial charge in [0.05, 0.1) is 13.2 Å². The molecule has 0 atom stereocenters. The van der Waals surface area contributed by atoms with Crippen molar-refractivity contribution in [3.63, 3.8) is 0 Å². The maximum atomic E-state index is 5.23. The third-order valence-corrected chi connectivity index (χ3v) is 8.94. The summed E-state index contributed by atoms with van der Waals surface area (Å²) in [7, 11) is 3.30. The van der Waals surface area contributed by atoms with E-state index in [4.69, 9.17) is 9.97 Å². The van der Waals surface area contributed by atoms with Crippen molar-refractivity contribution in [1.29, 1.82) is 0 Å². The van der Waals surface area contributed by atoms with Gasteiger partial charge in [-0.2, -0.15) is 0 Å². The van der Waals surface area contributed by atoms with Crippen LogP contribution in [0.15, 0.2) is 72.8 Å². The molecule has 0 spiro atoms. The van der Waals surface area contributed by atoms with E-state index in [1.807, 2.05) is 0 Å². The first kappa shape index (κ1) is 33.4. The summed E-state index contributed by atoms with van der Waals surface area (Å²) in [5.74, 6) is 0. The van der Waals surface area contributed by atoms with Gasteiger partial charge in [-0.25, -0.2) is 0 Å². The summed E-state index contributed by atoms with van der Waals surface area (Å²) in [6.07, 6.45) is 0. The van der Waals surface area contributed by atoms with Crippen LogP contribution in [0.5, 0.6) is 0 Å². The topological polar surface area (TPSA) is 46.7 Å². The molecule has 0 amide bonds. The number of ether oxygens (including phenoxy) is 2. The summed E-state index contributed by atoms with van der Waals surface area (Å²) < 4.78 is 9.31. The monoisotopic (exact) mass is 774 g/mol. The van der Waals surface area contributed by atoms with E-state index in [9.17, 15) is 0 Å². The molecule has 8 bridgehead atoms. The molecule has 1 aliphatic rings. The van der Waals surface area contributed by atoms with E-state index in [-0.39, 0.29) is 51.6 Å². The number of benzene rings is 2. The van der Waals surface area contributed by atoms with Gasteiger partial charge in [-0.05, 0) is 43.9 Å². The van der Waals surface area contributed by atoms with Crippen LogP contribution in [0.25, 0.3) is 0 Å². The van der Waals surface area contributed by atoms with Crippen LogP contribution < -0.4 is 9.97 Å². The molecule has 4 aromatic rings. The zero-order valence-electron chi connectivity index (χ0n) is 26.5. The summed E-state index contributed by atoms with van der Waals surface area (Å²) >= 11 is 0. The Morgan fingerprint density at radius 2 is 0.707 bits per heavy atom. The zero-order chi connectivity index (χ0) is 29.3. The largest absolute Gasteiger partial charge is 0.663 e. The van der Waals surface area contributed by atoms with Gasteiger partial charge in [-0.1, -0.05) is 128 Å². The standard InChI is InChI=1S/C32H36N2.C4H10O2.Np/c1-29(2)21-11-9-12-22(19-21)30(3,4)27-17-18-28(34-27)32(7,8)24-14-10-13-23(20-24)31(5,6)26-16-15-25(29)33-26;1-5-3-4-6-2;/h9-20H,1-8H3;3-4H2,1-2H3;/q-2;;. The quantitative estimate of drug-likeness (QED) is 0.203. The van der Waals surface area contributed by atoms with Gasteiger partial charge in [-0.3, -0.25) is 0 Å². The third kappa shape index (κ3) is 6.48. The van der Waals surface area contributed by atoms with Crippen molar-refractivity contribution in [2.24, 2.45) is 0 Å². The minimum absolute atomic E-state index is 0. The normalized spacial score (nSPS) is 17.5. The van der Waals surface area contributed by atoms with E-state index in [2.05, 4.69) is 138 Å². The molecule has 0 saturated carbocycles. The molecule has 0 saturated heterocycles. The predicted octanol–water partition coefficient (Wildman–Crippen LogP) is 7.50. The van der Waals surface area contributed by atoms with E-state index in [0.29, 0.717) is 13.2 Å². The molecular formula is C36H46N2NpO2-2. The zero-order valence-corrected chi connectivity index (χ0v) is 30.2. The van der Waals surface area contributed by atoms with Crippen LogP contribution in [0, 0.1) is 29.9 Å². The summed E-state index contributed by atoms with van der Waals surface area (Å²) in [6.45, 7) is 19.6. The summed E-state index contributed by atoms with van der Waals surface area (Å²) in [5, 5.41) is 0. The van der Waals surface area contributed by atoms with Crippen LogP contribution >= 0.6 is 0 Å². The van der Waals surface area contributed by atoms with Gasteiger partial charge in [0.2, 0.25) is 0 Å². The SMILES string of the molecule is CC1(C)c2cccc(c2)C(C)(C)c2ccc([n-]2)C(C)(C)c2cccc(c2)C(C)(C)c2ccc1[n-]2.COCCOC.[Np]. The maximum Gasteiger partial charge on any atom is 0.0696 e. The van der Waals surface area contributed by atoms with E-state index in [0.717, 1.165) is 22.8 Å². The molecule has 0 N–H and O–H groups in total. The second kappa shape index (κ2) is 12.7. The Labute approximate surface area is 270 Å². The number of hydrogen-bond acceptors (Lipinski definition) is 2. The molecule has 219 valence electrons. The first-order valence-electron chi connectivity index (χ1n) is 14.3. The minimum Gasteiger partial charge on any atom is -0.663 e. The molecule has 5 rings (SSSR count). The molecule has 5 heteroatoms. The molecule has 4 nitrogen and oxygen atoms in total. The van der Waals surface area contributed by atoms with Gasteiger partial charge < -0.3 is 19.4 Å². The number of nitrogens with zero attached hydrogens (tertiary/aromatic N) is 2. The summed E-state index contributed by atoms with van der Waals surface area (Å²) in [4.78, 5) is 10.5. The Hall–Kier alpha value is -2.07. The predicted molar refractivity (Wildman–Crippen MR) is 165 cm³/mol. The average molecular weight is 776 g/mol. The Morgan fingerprint density at radius 1 is 0.463 bits per heavy atom. The number of hydrogen-bond donors (Lipinski definition) is 0. The Morgan fingerprint density at radius 3 is 0.927 bits per heavy atom. The van der Waals surface area contributed by atoms with Crippen molar-refractivity contribution >= 4 is 0 Å². The second-order valence-corrected chi connectivity index (χ2v) is 13.1. The van der Waals surface area contributed by atoms with Gasteiger partial charge in [0, 0.05) is 44.2 Å². The molecular weight excluding hydrogens is 729 g/mol. The van der Waals surface area contributed by atoms with Crippen LogP contribution in [0.2, 0.25) is 0 Å². The summed E-state index contributed by atoms with van der Waals surface area (Å²) in [6, 6.07) is 26.9. The molecule has 2 aromatic heterocycles. The van der Waals surface area contributed by atoms with Crippen molar-refractivity contribution in [1.82, 2.24) is 9.97 Å². The van der Waals surface area contributed by atoms with Crippen molar-refractivity contribution < 1.29 is 39.4 Å². The van der Waals surface area contributed by atoms with E-state index >= 15 is 0 Å². The first-order valence-corrected chi connectivity index (χ1v) is 14.3. The Balaban J connectivity index is 0.000000599. The smallest absolute Gasteiger partial charge is 0.0696 e. The molecule has 0 aliphatic carbocycles.